The molecule has 4 rings (SSSR count). The lowest BCUT2D eigenvalue weighted by atomic mass is 10.1. The maximum absolute atomic E-state index is 6.63. The highest BCUT2D eigenvalue weighted by Crippen LogP contribution is 2.36. The quantitative estimate of drug-likeness (QED) is 0.406. The van der Waals surface area contributed by atoms with E-state index in [1.807, 2.05) is 24.2 Å². The van der Waals surface area contributed by atoms with E-state index in [0.717, 1.165) is 40.3 Å². The van der Waals surface area contributed by atoms with Crippen LogP contribution in [0.1, 0.15) is 16.8 Å². The molecule has 1 aromatic heterocycles. The Balaban J connectivity index is 1.58. The molecule has 0 saturated heterocycles. The van der Waals surface area contributed by atoms with E-state index in [1.165, 1.54) is 5.39 Å². The van der Waals surface area contributed by atoms with Gasteiger partial charge in [-0.2, -0.15) is 0 Å². The molecule has 2 aromatic carbocycles. The molecule has 1 aliphatic heterocycles. The van der Waals surface area contributed by atoms with Gasteiger partial charge in [-0.05, 0) is 54.9 Å². The number of H-pyrrole nitrogens is 1. The molecular formula is C22H23ClN6. The van der Waals surface area contributed by atoms with Gasteiger partial charge in [0.05, 0.1) is 22.9 Å². The van der Waals surface area contributed by atoms with Gasteiger partial charge in [-0.3, -0.25) is 9.98 Å². The third kappa shape index (κ3) is 4.18. The molecule has 0 spiro atoms. The summed E-state index contributed by atoms with van der Waals surface area (Å²) in [5.74, 6) is 0.668. The van der Waals surface area contributed by atoms with Crippen molar-refractivity contribution in [3.63, 3.8) is 0 Å². The summed E-state index contributed by atoms with van der Waals surface area (Å²) >= 11 is 6.63. The fourth-order valence-corrected chi connectivity index (χ4v) is 3.72. The van der Waals surface area contributed by atoms with Gasteiger partial charge in [0.25, 0.3) is 0 Å². The Morgan fingerprint density at radius 2 is 2.17 bits per heavy atom. The number of benzene rings is 2. The number of fused-ring (bicyclic) bond motifs is 2. The van der Waals surface area contributed by atoms with E-state index in [1.54, 1.807) is 12.3 Å². The van der Waals surface area contributed by atoms with Crippen LogP contribution in [-0.4, -0.2) is 29.6 Å². The fraction of sp³-hybridized carbons (Fsp3) is 0.182. The molecule has 0 aliphatic carbocycles. The number of halogens is 1. The average molecular weight is 407 g/mol. The Bertz CT molecular complexity index is 1130. The highest BCUT2D eigenvalue weighted by Gasteiger charge is 2.20. The lowest BCUT2D eigenvalue weighted by Crippen LogP contribution is -2.16. The number of aliphatic imine (C=N–C) groups is 2. The van der Waals surface area contributed by atoms with Crippen LogP contribution in [0.4, 0.5) is 11.4 Å². The van der Waals surface area contributed by atoms with E-state index in [2.05, 4.69) is 58.6 Å². The van der Waals surface area contributed by atoms with E-state index in [9.17, 15) is 0 Å². The zero-order valence-electron chi connectivity index (χ0n) is 16.5. The summed E-state index contributed by atoms with van der Waals surface area (Å²) in [6.45, 7) is 6.84. The molecule has 1 aliphatic rings. The number of aryl methyl sites for hydroxylation is 1. The normalized spacial score (nSPS) is 14.4. The number of nitrogens with zero attached hydrogens (tertiary/aromatic N) is 3. The number of anilines is 2. The minimum atomic E-state index is 0.532. The molecule has 3 N–H and O–H groups in total. The molecule has 29 heavy (non-hydrogen) atoms. The number of aromatic amines is 1. The lowest BCUT2D eigenvalue weighted by molar-refractivity contribution is 0.422. The number of rotatable bonds is 5. The van der Waals surface area contributed by atoms with Crippen molar-refractivity contribution in [2.24, 2.45) is 9.98 Å². The van der Waals surface area contributed by atoms with Gasteiger partial charge in [0.1, 0.15) is 5.84 Å². The molecule has 0 unspecified atom stereocenters. The Morgan fingerprint density at radius 3 is 3.00 bits per heavy atom. The molecule has 7 heteroatoms. The summed E-state index contributed by atoms with van der Waals surface area (Å²) < 4.78 is 0. The fourth-order valence-electron chi connectivity index (χ4n) is 3.45. The van der Waals surface area contributed by atoms with Crippen molar-refractivity contribution in [2.45, 2.75) is 20.0 Å². The summed E-state index contributed by atoms with van der Waals surface area (Å²) in [5, 5.41) is 7.21. The predicted molar refractivity (Wildman–Crippen MR) is 123 cm³/mol. The Morgan fingerprint density at radius 1 is 1.31 bits per heavy atom. The van der Waals surface area contributed by atoms with Crippen LogP contribution in [0.2, 0.25) is 5.02 Å². The third-order valence-corrected chi connectivity index (χ3v) is 5.24. The van der Waals surface area contributed by atoms with Gasteiger partial charge in [-0.15, -0.1) is 0 Å². The standard InChI is InChI=1S/C22H23ClN6/c1-14-10-16-5-4-15(11-20(16)26-14)12-25-21(8-9-24-2)27-19-7-6-18-17(22(19)23)13-29(3)28-18/h4-11,26,28H,2,12-13H2,1,3H3,(H,25,27)/b9-8-. The van der Waals surface area contributed by atoms with Crippen LogP contribution in [-0.2, 0) is 13.1 Å². The minimum absolute atomic E-state index is 0.532. The SMILES string of the molecule is C=N/C=C\C(=N/Cc1ccc2cc(C)[nH]c2c1)Nc1ccc2c(c1Cl)CN(C)N2. The summed E-state index contributed by atoms with van der Waals surface area (Å²) in [6, 6.07) is 12.4. The van der Waals surface area contributed by atoms with E-state index >= 15 is 0 Å². The number of aromatic nitrogens is 1. The van der Waals surface area contributed by atoms with E-state index in [0.29, 0.717) is 17.4 Å². The van der Waals surface area contributed by atoms with Crippen LogP contribution >= 0.6 is 11.6 Å². The van der Waals surface area contributed by atoms with E-state index < -0.39 is 0 Å². The predicted octanol–water partition coefficient (Wildman–Crippen LogP) is 5.13. The van der Waals surface area contributed by atoms with Gasteiger partial charge in [0.15, 0.2) is 0 Å². The lowest BCUT2D eigenvalue weighted by Gasteiger charge is -2.11. The molecule has 6 nitrogen and oxygen atoms in total. The molecule has 3 aromatic rings. The van der Waals surface area contributed by atoms with Crippen LogP contribution in [0.5, 0.6) is 0 Å². The van der Waals surface area contributed by atoms with Crippen molar-refractivity contribution in [1.82, 2.24) is 9.99 Å². The number of hydrogen-bond donors (Lipinski definition) is 3. The largest absolute Gasteiger partial charge is 0.359 e. The number of hydrazine groups is 1. The van der Waals surface area contributed by atoms with Crippen LogP contribution in [0.15, 0.2) is 58.7 Å². The maximum Gasteiger partial charge on any atom is 0.127 e. The first kappa shape index (κ1) is 19.2. The smallest absolute Gasteiger partial charge is 0.127 e. The van der Waals surface area contributed by atoms with Crippen LogP contribution in [0.3, 0.4) is 0 Å². The minimum Gasteiger partial charge on any atom is -0.359 e. The third-order valence-electron chi connectivity index (χ3n) is 4.80. The van der Waals surface area contributed by atoms with Crippen molar-refractivity contribution < 1.29 is 0 Å². The Labute approximate surface area is 175 Å². The number of amidine groups is 1. The van der Waals surface area contributed by atoms with Gasteiger partial charge in [-0.1, -0.05) is 23.7 Å². The van der Waals surface area contributed by atoms with Gasteiger partial charge in [0, 0.05) is 36.6 Å². The zero-order chi connectivity index (χ0) is 20.4. The summed E-state index contributed by atoms with van der Waals surface area (Å²) in [4.78, 5) is 11.9. The van der Waals surface area contributed by atoms with Crippen molar-refractivity contribution in [3.8, 4) is 0 Å². The molecular weight excluding hydrogens is 384 g/mol. The van der Waals surface area contributed by atoms with Crippen LogP contribution in [0, 0.1) is 6.92 Å². The van der Waals surface area contributed by atoms with Crippen molar-refractivity contribution in [2.75, 3.05) is 17.8 Å². The van der Waals surface area contributed by atoms with Crippen molar-refractivity contribution in [1.29, 1.82) is 0 Å². The first-order valence-electron chi connectivity index (χ1n) is 9.35. The second-order valence-corrected chi connectivity index (χ2v) is 7.50. The van der Waals surface area contributed by atoms with Crippen LogP contribution < -0.4 is 10.7 Å². The van der Waals surface area contributed by atoms with Gasteiger partial charge < -0.3 is 15.7 Å². The molecule has 0 radical (unpaired) electrons. The Hall–Kier alpha value is -3.09. The van der Waals surface area contributed by atoms with Crippen LogP contribution in [0.25, 0.3) is 10.9 Å². The van der Waals surface area contributed by atoms with E-state index in [-0.39, 0.29) is 0 Å². The zero-order valence-corrected chi connectivity index (χ0v) is 17.2. The monoisotopic (exact) mass is 406 g/mol. The number of hydrogen-bond acceptors (Lipinski definition) is 4. The average Bonchev–Trinajstić information content (AvgIpc) is 3.26. The molecule has 0 bridgehead atoms. The van der Waals surface area contributed by atoms with Gasteiger partial charge in [0.2, 0.25) is 0 Å². The topological polar surface area (TPSA) is 67.8 Å². The highest BCUT2D eigenvalue weighted by atomic mass is 35.5. The van der Waals surface area contributed by atoms with Gasteiger partial charge in [-0.25, -0.2) is 5.01 Å². The molecule has 2 heterocycles. The summed E-state index contributed by atoms with van der Waals surface area (Å²) in [7, 11) is 1.98. The maximum atomic E-state index is 6.63. The van der Waals surface area contributed by atoms with Crippen molar-refractivity contribution in [3.05, 3.63) is 70.5 Å². The second kappa shape index (κ2) is 8.11. The Kier molecular flexibility index (Phi) is 5.38. The highest BCUT2D eigenvalue weighted by molar-refractivity contribution is 6.35. The molecule has 0 amide bonds. The second-order valence-electron chi connectivity index (χ2n) is 7.12. The first-order valence-corrected chi connectivity index (χ1v) is 9.72. The number of nitrogens with one attached hydrogen (secondary N) is 3. The molecule has 0 fully saturated rings. The summed E-state index contributed by atoms with van der Waals surface area (Å²) in [6.07, 6.45) is 3.40. The molecule has 0 saturated carbocycles. The summed E-state index contributed by atoms with van der Waals surface area (Å²) in [5.41, 5.74) is 9.55. The van der Waals surface area contributed by atoms with E-state index in [4.69, 9.17) is 16.6 Å². The molecule has 148 valence electrons. The first-order chi connectivity index (χ1) is 14.0. The molecule has 0 atom stereocenters. The van der Waals surface area contributed by atoms with Crippen molar-refractivity contribution >= 4 is 46.4 Å². The van der Waals surface area contributed by atoms with Gasteiger partial charge >= 0.3 is 0 Å².